The van der Waals surface area contributed by atoms with Gasteiger partial charge in [0.1, 0.15) is 5.82 Å². The number of alkyl halides is 3. The predicted molar refractivity (Wildman–Crippen MR) is 51.3 cm³/mol. The van der Waals surface area contributed by atoms with E-state index in [0.29, 0.717) is 0 Å². The minimum Gasteiger partial charge on any atom is -0.324 e. The molecular formula is C9H10ClF4N. The average Bonchev–Trinajstić information content (AvgIpc) is 2.01. The normalized spacial score (nSPS) is 13.2. The Labute approximate surface area is 90.7 Å². The van der Waals surface area contributed by atoms with Gasteiger partial charge in [-0.1, -0.05) is 12.1 Å². The molecule has 1 aromatic rings. The van der Waals surface area contributed by atoms with Crippen molar-refractivity contribution >= 4 is 12.4 Å². The maximum atomic E-state index is 12.9. The summed E-state index contributed by atoms with van der Waals surface area (Å²) in [5, 5.41) is 0. The highest BCUT2D eigenvalue weighted by Gasteiger charge is 2.37. The Morgan fingerprint density at radius 3 is 2.13 bits per heavy atom. The van der Waals surface area contributed by atoms with Crippen LogP contribution in [0.5, 0.6) is 0 Å². The molecule has 0 fully saturated rings. The fourth-order valence-corrected chi connectivity index (χ4v) is 1.22. The van der Waals surface area contributed by atoms with Crippen LogP contribution in [0.4, 0.5) is 17.6 Å². The van der Waals surface area contributed by atoms with Crippen LogP contribution in [-0.4, -0.2) is 0 Å². The first kappa shape index (κ1) is 14.2. The molecule has 1 rings (SSSR count). The Kier molecular flexibility index (Phi) is 4.55. The smallest absolute Gasteiger partial charge is 0.324 e. The van der Waals surface area contributed by atoms with E-state index >= 15 is 0 Å². The highest BCUT2D eigenvalue weighted by Crippen LogP contribution is 2.35. The second-order valence-electron chi connectivity index (χ2n) is 2.99. The van der Waals surface area contributed by atoms with E-state index < -0.39 is 23.6 Å². The summed E-state index contributed by atoms with van der Waals surface area (Å²) in [6, 6.07) is 2.32. The van der Waals surface area contributed by atoms with Gasteiger partial charge in [-0.15, -0.1) is 12.4 Å². The number of nitrogens with two attached hydrogens (primary N) is 1. The predicted octanol–water partition coefficient (Wildman–Crippen LogP) is 3.29. The first-order valence-electron chi connectivity index (χ1n) is 3.95. The van der Waals surface area contributed by atoms with Crippen molar-refractivity contribution in [3.63, 3.8) is 0 Å². The summed E-state index contributed by atoms with van der Waals surface area (Å²) in [6.07, 6.45) is -4.70. The summed E-state index contributed by atoms with van der Waals surface area (Å²) >= 11 is 0. The molecule has 0 heterocycles. The van der Waals surface area contributed by atoms with Crippen LogP contribution in [0.1, 0.15) is 24.1 Å². The Morgan fingerprint density at radius 2 is 1.80 bits per heavy atom. The maximum Gasteiger partial charge on any atom is 0.419 e. The molecule has 0 aliphatic carbocycles. The SMILES string of the molecule is C[C@H](N)c1cccc(F)c1C(F)(F)F.Cl. The van der Waals surface area contributed by atoms with Crippen molar-refractivity contribution in [3.8, 4) is 0 Å². The maximum absolute atomic E-state index is 12.9. The summed E-state index contributed by atoms with van der Waals surface area (Å²) in [7, 11) is 0. The molecule has 0 unspecified atom stereocenters. The number of hydrogen-bond donors (Lipinski definition) is 1. The molecule has 2 N–H and O–H groups in total. The summed E-state index contributed by atoms with van der Waals surface area (Å²) in [4.78, 5) is 0. The summed E-state index contributed by atoms with van der Waals surface area (Å²) < 4.78 is 50.1. The molecule has 0 radical (unpaired) electrons. The first-order valence-corrected chi connectivity index (χ1v) is 3.95. The minimum absolute atomic E-state index is 0. The van der Waals surface area contributed by atoms with E-state index in [4.69, 9.17) is 5.73 Å². The van der Waals surface area contributed by atoms with Gasteiger partial charge in [-0.3, -0.25) is 0 Å². The monoisotopic (exact) mass is 243 g/mol. The molecule has 0 aliphatic rings. The molecule has 15 heavy (non-hydrogen) atoms. The fraction of sp³-hybridized carbons (Fsp3) is 0.333. The van der Waals surface area contributed by atoms with Crippen molar-refractivity contribution in [1.82, 2.24) is 0 Å². The zero-order valence-electron chi connectivity index (χ0n) is 7.81. The van der Waals surface area contributed by atoms with Gasteiger partial charge in [-0.05, 0) is 18.6 Å². The van der Waals surface area contributed by atoms with Gasteiger partial charge in [-0.25, -0.2) is 4.39 Å². The number of benzene rings is 1. The first-order chi connectivity index (χ1) is 6.34. The van der Waals surface area contributed by atoms with Gasteiger partial charge in [0, 0.05) is 6.04 Å². The second kappa shape index (κ2) is 4.81. The molecular weight excluding hydrogens is 234 g/mol. The number of halogens is 5. The molecule has 6 heteroatoms. The van der Waals surface area contributed by atoms with Crippen molar-refractivity contribution in [2.75, 3.05) is 0 Å². The topological polar surface area (TPSA) is 26.0 Å². The van der Waals surface area contributed by atoms with E-state index in [1.165, 1.54) is 19.1 Å². The van der Waals surface area contributed by atoms with Crippen LogP contribution in [0, 0.1) is 5.82 Å². The molecule has 0 saturated heterocycles. The Balaban J connectivity index is 0.00000196. The van der Waals surface area contributed by atoms with Gasteiger partial charge in [0.2, 0.25) is 0 Å². The third-order valence-electron chi connectivity index (χ3n) is 1.82. The van der Waals surface area contributed by atoms with Crippen LogP contribution in [0.2, 0.25) is 0 Å². The van der Waals surface area contributed by atoms with E-state index in [0.717, 1.165) is 6.07 Å². The number of rotatable bonds is 1. The summed E-state index contributed by atoms with van der Waals surface area (Å²) in [5.74, 6) is -1.28. The van der Waals surface area contributed by atoms with Gasteiger partial charge in [0.15, 0.2) is 0 Å². The van der Waals surface area contributed by atoms with Gasteiger partial charge < -0.3 is 5.73 Å². The summed E-state index contributed by atoms with van der Waals surface area (Å²) in [5.41, 5.74) is 3.82. The van der Waals surface area contributed by atoms with E-state index in [9.17, 15) is 17.6 Å². The molecule has 0 bridgehead atoms. The minimum atomic E-state index is -4.70. The molecule has 0 amide bonds. The standard InChI is InChI=1S/C9H9F4N.ClH/c1-5(14)6-3-2-4-7(10)8(6)9(11,12)13;/h2-5H,14H2,1H3;1H/t5-;/m0./s1. The Hall–Kier alpha value is -0.810. The second-order valence-corrected chi connectivity index (χ2v) is 2.99. The highest BCUT2D eigenvalue weighted by molar-refractivity contribution is 5.85. The largest absolute Gasteiger partial charge is 0.419 e. The van der Waals surface area contributed by atoms with Crippen molar-refractivity contribution < 1.29 is 17.6 Å². The van der Waals surface area contributed by atoms with E-state index in [-0.39, 0.29) is 18.0 Å². The van der Waals surface area contributed by atoms with Gasteiger partial charge in [-0.2, -0.15) is 13.2 Å². The summed E-state index contributed by atoms with van der Waals surface area (Å²) in [6.45, 7) is 1.38. The van der Waals surface area contributed by atoms with Crippen LogP contribution in [0.15, 0.2) is 18.2 Å². The third-order valence-corrected chi connectivity index (χ3v) is 1.82. The van der Waals surface area contributed by atoms with Crippen molar-refractivity contribution in [2.45, 2.75) is 19.1 Å². The van der Waals surface area contributed by atoms with Gasteiger partial charge in [0.05, 0.1) is 5.56 Å². The van der Waals surface area contributed by atoms with Crippen LogP contribution in [-0.2, 0) is 6.18 Å². The fourth-order valence-electron chi connectivity index (χ4n) is 1.22. The zero-order chi connectivity index (χ0) is 10.9. The lowest BCUT2D eigenvalue weighted by Gasteiger charge is -2.15. The average molecular weight is 244 g/mol. The highest BCUT2D eigenvalue weighted by atomic mass is 35.5. The lowest BCUT2D eigenvalue weighted by Crippen LogP contribution is -2.17. The van der Waals surface area contributed by atoms with Crippen LogP contribution in [0.25, 0.3) is 0 Å². The Bertz CT molecular complexity index is 335. The van der Waals surface area contributed by atoms with E-state index in [1.54, 1.807) is 0 Å². The van der Waals surface area contributed by atoms with Crippen LogP contribution >= 0.6 is 12.4 Å². The van der Waals surface area contributed by atoms with E-state index in [1.807, 2.05) is 0 Å². The zero-order valence-corrected chi connectivity index (χ0v) is 8.62. The van der Waals surface area contributed by atoms with Crippen molar-refractivity contribution in [1.29, 1.82) is 0 Å². The van der Waals surface area contributed by atoms with Crippen LogP contribution in [0.3, 0.4) is 0 Å². The lowest BCUT2D eigenvalue weighted by atomic mass is 10.0. The van der Waals surface area contributed by atoms with Gasteiger partial charge in [0.25, 0.3) is 0 Å². The molecule has 0 saturated carbocycles. The molecule has 1 atom stereocenters. The van der Waals surface area contributed by atoms with E-state index in [2.05, 4.69) is 0 Å². The van der Waals surface area contributed by atoms with Crippen molar-refractivity contribution in [2.24, 2.45) is 5.73 Å². The molecule has 1 nitrogen and oxygen atoms in total. The molecule has 0 aromatic heterocycles. The van der Waals surface area contributed by atoms with Gasteiger partial charge >= 0.3 is 6.18 Å². The molecule has 0 spiro atoms. The third kappa shape index (κ3) is 3.07. The quantitative estimate of drug-likeness (QED) is 0.753. The lowest BCUT2D eigenvalue weighted by molar-refractivity contribution is -0.140. The van der Waals surface area contributed by atoms with Crippen molar-refractivity contribution in [3.05, 3.63) is 35.1 Å². The Morgan fingerprint density at radius 1 is 1.27 bits per heavy atom. The molecule has 86 valence electrons. The number of hydrogen-bond acceptors (Lipinski definition) is 1. The molecule has 0 aliphatic heterocycles. The van der Waals surface area contributed by atoms with Crippen LogP contribution < -0.4 is 5.73 Å². The molecule has 1 aromatic carbocycles.